The molecule has 4 N–H and O–H groups in total. The second-order valence-electron chi connectivity index (χ2n) is 4.30. The molecule has 98 valence electrons. The van der Waals surface area contributed by atoms with E-state index in [0.29, 0.717) is 18.7 Å². The lowest BCUT2D eigenvalue weighted by Crippen LogP contribution is -2.17. The van der Waals surface area contributed by atoms with Crippen molar-refractivity contribution in [3.8, 4) is 0 Å². The third kappa shape index (κ3) is 2.58. The van der Waals surface area contributed by atoms with Crippen LogP contribution in [-0.2, 0) is 0 Å². The predicted octanol–water partition coefficient (Wildman–Crippen LogP) is 1.34. The molecular weight excluding hydrogens is 258 g/mol. The van der Waals surface area contributed by atoms with Crippen molar-refractivity contribution in [2.45, 2.75) is 25.0 Å². The van der Waals surface area contributed by atoms with E-state index < -0.39 is 6.10 Å². The Labute approximate surface area is 109 Å². The Morgan fingerprint density at radius 3 is 2.89 bits per heavy atom. The van der Waals surface area contributed by atoms with Crippen LogP contribution in [0, 0.1) is 11.4 Å². The highest BCUT2D eigenvalue weighted by Crippen LogP contribution is 2.33. The molecule has 1 aliphatic carbocycles. The van der Waals surface area contributed by atoms with Crippen LogP contribution < -0.4 is 5.32 Å². The summed E-state index contributed by atoms with van der Waals surface area (Å²) in [6.07, 6.45) is 1.91. The Bertz CT molecular complexity index is 444. The number of nitrogens with zero attached hydrogens (tertiary/aromatic N) is 3. The summed E-state index contributed by atoms with van der Waals surface area (Å²) in [4.78, 5) is 7.73. The lowest BCUT2D eigenvalue weighted by atomic mass is 10.1. The van der Waals surface area contributed by atoms with Gasteiger partial charge in [-0.3, -0.25) is 0 Å². The minimum Gasteiger partial charge on any atom is -0.396 e. The van der Waals surface area contributed by atoms with Gasteiger partial charge in [0, 0.05) is 18.6 Å². The molecule has 8 heteroatoms. The zero-order valence-corrected chi connectivity index (χ0v) is 10.3. The van der Waals surface area contributed by atoms with Gasteiger partial charge in [0.1, 0.15) is 6.33 Å². The third-order valence-corrected chi connectivity index (χ3v) is 3.40. The molecule has 2 rings (SSSR count). The molecule has 0 radical (unpaired) electrons. The number of aliphatic hydroxyl groups is 2. The van der Waals surface area contributed by atoms with Gasteiger partial charge in [-0.15, -0.1) is 0 Å². The van der Waals surface area contributed by atoms with Crippen LogP contribution in [0.1, 0.15) is 12.8 Å². The Morgan fingerprint density at radius 2 is 2.28 bits per heavy atom. The highest BCUT2D eigenvalue weighted by Gasteiger charge is 2.33. The summed E-state index contributed by atoms with van der Waals surface area (Å²) in [6.45, 7) is -0.0421. The van der Waals surface area contributed by atoms with E-state index in [9.17, 15) is 5.11 Å². The molecule has 3 atom stereocenters. The summed E-state index contributed by atoms with van der Waals surface area (Å²) < 4.78 is 0. The van der Waals surface area contributed by atoms with Crippen LogP contribution in [-0.4, -0.2) is 38.9 Å². The maximum Gasteiger partial charge on any atom is 0.164 e. The molecule has 1 saturated carbocycles. The fourth-order valence-corrected chi connectivity index (χ4v) is 2.35. The second-order valence-corrected chi connectivity index (χ2v) is 4.65. The monoisotopic (exact) mass is 271 g/mol. The van der Waals surface area contributed by atoms with Crippen LogP contribution in [0.3, 0.4) is 0 Å². The Kier molecular flexibility index (Phi) is 4.05. The van der Waals surface area contributed by atoms with Gasteiger partial charge in [-0.05, 0) is 12.8 Å². The van der Waals surface area contributed by atoms with E-state index in [-0.39, 0.29) is 29.4 Å². The molecule has 0 bridgehead atoms. The van der Waals surface area contributed by atoms with Crippen molar-refractivity contribution in [1.82, 2.24) is 9.97 Å². The maximum absolute atomic E-state index is 9.70. The first-order chi connectivity index (χ1) is 8.65. The molecule has 0 aliphatic heterocycles. The van der Waals surface area contributed by atoms with E-state index in [1.165, 1.54) is 6.33 Å². The first kappa shape index (κ1) is 13.1. The number of hydrogen-bond acceptors (Lipinski definition) is 7. The fourth-order valence-electron chi connectivity index (χ4n) is 2.17. The molecule has 0 aromatic carbocycles. The van der Waals surface area contributed by atoms with Gasteiger partial charge in [-0.25, -0.2) is 15.5 Å². The van der Waals surface area contributed by atoms with Crippen molar-refractivity contribution >= 4 is 23.1 Å². The van der Waals surface area contributed by atoms with Gasteiger partial charge in [0.25, 0.3) is 0 Å². The van der Waals surface area contributed by atoms with Crippen molar-refractivity contribution < 1.29 is 10.2 Å². The molecule has 0 amide bonds. The Balaban J connectivity index is 2.11. The topological polar surface area (TPSA) is 114 Å². The zero-order chi connectivity index (χ0) is 13.1. The van der Waals surface area contributed by atoms with Crippen LogP contribution in [0.25, 0.3) is 0 Å². The van der Waals surface area contributed by atoms with E-state index in [4.69, 9.17) is 22.2 Å². The number of halogens is 1. The molecule has 18 heavy (non-hydrogen) atoms. The molecule has 1 heterocycles. The summed E-state index contributed by atoms with van der Waals surface area (Å²) in [5.74, 6) is 0.247. The van der Waals surface area contributed by atoms with Gasteiger partial charge in [-0.2, -0.15) is 5.11 Å². The van der Waals surface area contributed by atoms with Gasteiger partial charge in [0.05, 0.1) is 6.10 Å². The van der Waals surface area contributed by atoms with Crippen molar-refractivity contribution in [3.05, 3.63) is 11.5 Å². The number of hydrogen-bond donors (Lipinski definition) is 4. The van der Waals surface area contributed by atoms with Crippen LogP contribution in [0.2, 0.25) is 5.15 Å². The number of nitrogens with one attached hydrogen (secondary N) is 2. The quantitative estimate of drug-likeness (QED) is 0.487. The molecule has 0 spiro atoms. The summed E-state index contributed by atoms with van der Waals surface area (Å²) in [6, 6.07) is -0.0244. The number of aromatic nitrogens is 2. The van der Waals surface area contributed by atoms with E-state index in [2.05, 4.69) is 20.4 Å². The first-order valence-electron chi connectivity index (χ1n) is 5.59. The van der Waals surface area contributed by atoms with Gasteiger partial charge >= 0.3 is 0 Å². The van der Waals surface area contributed by atoms with E-state index >= 15 is 0 Å². The van der Waals surface area contributed by atoms with Gasteiger partial charge in [0.2, 0.25) is 0 Å². The average Bonchev–Trinajstić information content (AvgIpc) is 2.70. The molecule has 1 fully saturated rings. The smallest absolute Gasteiger partial charge is 0.164 e. The van der Waals surface area contributed by atoms with Crippen molar-refractivity contribution in [1.29, 1.82) is 5.53 Å². The summed E-state index contributed by atoms with van der Waals surface area (Å²) in [7, 11) is 0. The molecule has 0 saturated heterocycles. The number of rotatable bonds is 4. The van der Waals surface area contributed by atoms with Crippen LogP contribution >= 0.6 is 11.6 Å². The largest absolute Gasteiger partial charge is 0.396 e. The van der Waals surface area contributed by atoms with Crippen LogP contribution in [0.15, 0.2) is 11.4 Å². The minimum atomic E-state index is -0.527. The molecule has 1 aromatic rings. The maximum atomic E-state index is 9.70. The summed E-state index contributed by atoms with van der Waals surface area (Å²) in [5, 5.41) is 25.3. The standard InChI is InChI=1S/C10H14ClN5O2/c11-9-8(16-12)10(14-4-13-9)15-6-1-5(3-17)7(18)2-6/h4-7,12,17-18H,1-3H2,(H,13,14,15). The Morgan fingerprint density at radius 1 is 1.50 bits per heavy atom. The van der Waals surface area contributed by atoms with E-state index in [1.807, 2.05) is 0 Å². The minimum absolute atomic E-state index is 0.0244. The predicted molar refractivity (Wildman–Crippen MR) is 65.1 cm³/mol. The molecule has 3 unspecified atom stereocenters. The fraction of sp³-hybridized carbons (Fsp3) is 0.600. The molecule has 7 nitrogen and oxygen atoms in total. The van der Waals surface area contributed by atoms with Crippen LogP contribution in [0.5, 0.6) is 0 Å². The van der Waals surface area contributed by atoms with Crippen LogP contribution in [0.4, 0.5) is 11.5 Å². The Hall–Kier alpha value is -1.31. The number of anilines is 1. The lowest BCUT2D eigenvalue weighted by molar-refractivity contribution is 0.0908. The highest BCUT2D eigenvalue weighted by molar-refractivity contribution is 6.32. The average molecular weight is 272 g/mol. The van der Waals surface area contributed by atoms with Crippen molar-refractivity contribution in [3.63, 3.8) is 0 Å². The van der Waals surface area contributed by atoms with Gasteiger partial charge in [0.15, 0.2) is 16.7 Å². The summed E-state index contributed by atoms with van der Waals surface area (Å²) in [5.41, 5.74) is 7.23. The van der Waals surface area contributed by atoms with E-state index in [1.54, 1.807) is 0 Å². The summed E-state index contributed by atoms with van der Waals surface area (Å²) >= 11 is 5.81. The van der Waals surface area contributed by atoms with Crippen molar-refractivity contribution in [2.75, 3.05) is 11.9 Å². The molecular formula is C10H14ClN5O2. The lowest BCUT2D eigenvalue weighted by Gasteiger charge is -2.14. The normalized spacial score (nSPS) is 27.2. The first-order valence-corrected chi connectivity index (χ1v) is 5.97. The highest BCUT2D eigenvalue weighted by atomic mass is 35.5. The SMILES string of the molecule is N=Nc1c(Cl)ncnc1NC1CC(O)C(CO)C1. The molecule has 1 aromatic heterocycles. The number of aliphatic hydroxyl groups excluding tert-OH is 2. The second kappa shape index (κ2) is 5.55. The molecule has 1 aliphatic rings. The van der Waals surface area contributed by atoms with Gasteiger partial charge in [-0.1, -0.05) is 11.6 Å². The third-order valence-electron chi connectivity index (χ3n) is 3.12. The van der Waals surface area contributed by atoms with E-state index in [0.717, 1.165) is 0 Å². The zero-order valence-electron chi connectivity index (χ0n) is 9.54. The van der Waals surface area contributed by atoms with Gasteiger partial charge < -0.3 is 15.5 Å². The van der Waals surface area contributed by atoms with Crippen molar-refractivity contribution in [2.24, 2.45) is 11.0 Å².